The number of amides is 2. The number of hydrogen-bond acceptors (Lipinski definition) is 3. The molecule has 1 aliphatic heterocycles. The van der Waals surface area contributed by atoms with Gasteiger partial charge in [-0.3, -0.25) is 0 Å². The van der Waals surface area contributed by atoms with E-state index in [1.54, 1.807) is 18.1 Å². The molecule has 1 aromatic carbocycles. The van der Waals surface area contributed by atoms with Crippen molar-refractivity contribution >= 4 is 33.6 Å². The SMILES string of the molecule is COCC1CCN(C(=O)Nc2ccc(C(=O)O)cc2Br)C1. The molecule has 1 unspecified atom stereocenters. The predicted octanol–water partition coefficient (Wildman–Crippen LogP) is 2.65. The molecule has 2 amide bonds. The third-order valence-corrected chi connectivity index (χ3v) is 4.09. The van der Waals surface area contributed by atoms with Gasteiger partial charge in [0.1, 0.15) is 0 Å². The second-order valence-corrected chi connectivity index (χ2v) is 5.84. The van der Waals surface area contributed by atoms with Crippen molar-refractivity contribution in [2.24, 2.45) is 5.92 Å². The largest absolute Gasteiger partial charge is 0.478 e. The first kappa shape index (κ1) is 15.8. The zero-order valence-corrected chi connectivity index (χ0v) is 13.2. The van der Waals surface area contributed by atoms with Crippen LogP contribution in [0.4, 0.5) is 10.5 Å². The quantitative estimate of drug-likeness (QED) is 0.868. The van der Waals surface area contributed by atoms with E-state index < -0.39 is 5.97 Å². The fourth-order valence-corrected chi connectivity index (χ4v) is 2.81. The van der Waals surface area contributed by atoms with Gasteiger partial charge in [-0.1, -0.05) is 0 Å². The van der Waals surface area contributed by atoms with Crippen LogP contribution >= 0.6 is 15.9 Å². The molecule has 1 aromatic rings. The molecule has 2 rings (SSSR count). The van der Waals surface area contributed by atoms with Crippen LogP contribution in [0.15, 0.2) is 22.7 Å². The molecule has 0 spiro atoms. The highest BCUT2D eigenvalue weighted by atomic mass is 79.9. The molecule has 114 valence electrons. The molecular weight excluding hydrogens is 340 g/mol. The lowest BCUT2D eigenvalue weighted by molar-refractivity contribution is 0.0697. The van der Waals surface area contributed by atoms with Crippen LogP contribution in [0.3, 0.4) is 0 Å². The van der Waals surface area contributed by atoms with Crippen molar-refractivity contribution in [2.75, 3.05) is 32.1 Å². The molecule has 1 saturated heterocycles. The molecule has 2 N–H and O–H groups in total. The summed E-state index contributed by atoms with van der Waals surface area (Å²) in [7, 11) is 1.66. The van der Waals surface area contributed by atoms with Gasteiger partial charge in [-0.05, 0) is 40.5 Å². The summed E-state index contributed by atoms with van der Waals surface area (Å²) in [5, 5.41) is 11.7. The number of carbonyl (C=O) groups excluding carboxylic acids is 1. The Bertz CT molecular complexity index is 550. The number of nitrogens with zero attached hydrogens (tertiary/aromatic N) is 1. The number of carbonyl (C=O) groups is 2. The third-order valence-electron chi connectivity index (χ3n) is 3.43. The number of carboxylic acids is 1. The van der Waals surface area contributed by atoms with E-state index in [4.69, 9.17) is 9.84 Å². The molecule has 1 aliphatic rings. The van der Waals surface area contributed by atoms with Crippen LogP contribution in [-0.2, 0) is 4.74 Å². The highest BCUT2D eigenvalue weighted by molar-refractivity contribution is 9.10. The Kier molecular flexibility index (Phi) is 5.19. The minimum absolute atomic E-state index is 0.168. The molecule has 21 heavy (non-hydrogen) atoms. The van der Waals surface area contributed by atoms with E-state index >= 15 is 0 Å². The lowest BCUT2D eigenvalue weighted by Crippen LogP contribution is -2.33. The van der Waals surface area contributed by atoms with Crippen LogP contribution in [0.25, 0.3) is 0 Å². The molecule has 0 radical (unpaired) electrons. The van der Waals surface area contributed by atoms with E-state index in [0.717, 1.165) is 6.42 Å². The number of likely N-dealkylation sites (tertiary alicyclic amines) is 1. The number of carboxylic acid groups (broad SMARTS) is 1. The maximum atomic E-state index is 12.2. The lowest BCUT2D eigenvalue weighted by atomic mass is 10.1. The second-order valence-electron chi connectivity index (χ2n) is 4.99. The van der Waals surface area contributed by atoms with E-state index in [-0.39, 0.29) is 11.6 Å². The van der Waals surface area contributed by atoms with Gasteiger partial charge in [-0.15, -0.1) is 0 Å². The average Bonchev–Trinajstić information content (AvgIpc) is 2.90. The average molecular weight is 357 g/mol. The maximum absolute atomic E-state index is 12.2. The summed E-state index contributed by atoms with van der Waals surface area (Å²) >= 11 is 3.27. The number of nitrogens with one attached hydrogen (secondary N) is 1. The van der Waals surface area contributed by atoms with E-state index in [9.17, 15) is 9.59 Å². The molecule has 0 aromatic heterocycles. The Morgan fingerprint density at radius 1 is 1.52 bits per heavy atom. The number of aromatic carboxylic acids is 1. The van der Waals surface area contributed by atoms with Crippen LogP contribution < -0.4 is 5.32 Å². The summed E-state index contributed by atoms with van der Waals surface area (Å²) in [4.78, 5) is 24.8. The molecule has 1 fully saturated rings. The first-order valence-corrected chi connectivity index (χ1v) is 7.38. The number of anilines is 1. The Morgan fingerprint density at radius 3 is 2.90 bits per heavy atom. The number of halogens is 1. The number of ether oxygens (including phenoxy) is 1. The summed E-state index contributed by atoms with van der Waals surface area (Å²) < 4.78 is 5.65. The number of rotatable bonds is 4. The standard InChI is InChI=1S/C14H17BrN2O4/c1-21-8-9-4-5-17(7-9)14(20)16-12-3-2-10(13(18)19)6-11(12)15/h2-3,6,9H,4-5,7-8H2,1H3,(H,16,20)(H,18,19). The smallest absolute Gasteiger partial charge is 0.335 e. The van der Waals surface area contributed by atoms with Crippen LogP contribution in [0.2, 0.25) is 0 Å². The zero-order chi connectivity index (χ0) is 15.4. The van der Waals surface area contributed by atoms with E-state index in [2.05, 4.69) is 21.2 Å². The second kappa shape index (κ2) is 6.91. The molecule has 1 heterocycles. The predicted molar refractivity (Wildman–Crippen MR) is 81.7 cm³/mol. The van der Waals surface area contributed by atoms with Crippen LogP contribution in [0.5, 0.6) is 0 Å². The summed E-state index contributed by atoms with van der Waals surface area (Å²) in [5.74, 6) is -0.630. The summed E-state index contributed by atoms with van der Waals surface area (Å²) in [6.07, 6.45) is 0.931. The summed E-state index contributed by atoms with van der Waals surface area (Å²) in [6, 6.07) is 4.32. The Morgan fingerprint density at radius 2 is 2.29 bits per heavy atom. The van der Waals surface area contributed by atoms with Crippen molar-refractivity contribution in [2.45, 2.75) is 6.42 Å². The van der Waals surface area contributed by atoms with Gasteiger partial charge in [0.2, 0.25) is 0 Å². The van der Waals surface area contributed by atoms with Gasteiger partial charge < -0.3 is 20.1 Å². The molecule has 0 saturated carbocycles. The van der Waals surface area contributed by atoms with Crippen molar-refractivity contribution in [3.63, 3.8) is 0 Å². The molecule has 7 heteroatoms. The van der Waals surface area contributed by atoms with Gasteiger partial charge in [0.25, 0.3) is 0 Å². The van der Waals surface area contributed by atoms with E-state index in [1.807, 2.05) is 0 Å². The molecular formula is C14H17BrN2O4. The molecule has 6 nitrogen and oxygen atoms in total. The van der Waals surface area contributed by atoms with Gasteiger partial charge in [0.05, 0.1) is 17.9 Å². The van der Waals surface area contributed by atoms with Crippen molar-refractivity contribution in [3.8, 4) is 0 Å². The minimum atomic E-state index is -1.00. The van der Waals surface area contributed by atoms with Crippen molar-refractivity contribution < 1.29 is 19.4 Å². The highest BCUT2D eigenvalue weighted by Crippen LogP contribution is 2.25. The fraction of sp³-hybridized carbons (Fsp3) is 0.429. The van der Waals surface area contributed by atoms with Gasteiger partial charge >= 0.3 is 12.0 Å². The van der Waals surface area contributed by atoms with Crippen molar-refractivity contribution in [1.82, 2.24) is 4.90 Å². The third kappa shape index (κ3) is 3.95. The topological polar surface area (TPSA) is 78.9 Å². The number of hydrogen-bond donors (Lipinski definition) is 2. The maximum Gasteiger partial charge on any atom is 0.335 e. The van der Waals surface area contributed by atoms with Crippen molar-refractivity contribution in [1.29, 1.82) is 0 Å². The van der Waals surface area contributed by atoms with Crippen LogP contribution in [0.1, 0.15) is 16.8 Å². The molecule has 0 bridgehead atoms. The van der Waals surface area contributed by atoms with Gasteiger partial charge in [0.15, 0.2) is 0 Å². The van der Waals surface area contributed by atoms with Gasteiger partial charge in [-0.2, -0.15) is 0 Å². The summed E-state index contributed by atoms with van der Waals surface area (Å²) in [6.45, 7) is 2.02. The highest BCUT2D eigenvalue weighted by Gasteiger charge is 2.26. The Hall–Kier alpha value is -1.60. The molecule has 0 aliphatic carbocycles. The number of urea groups is 1. The van der Waals surface area contributed by atoms with Crippen molar-refractivity contribution in [3.05, 3.63) is 28.2 Å². The minimum Gasteiger partial charge on any atom is -0.478 e. The van der Waals surface area contributed by atoms with Crippen LogP contribution in [0, 0.1) is 5.92 Å². The van der Waals surface area contributed by atoms with Gasteiger partial charge in [0, 0.05) is 30.6 Å². The number of methoxy groups -OCH3 is 1. The first-order valence-electron chi connectivity index (χ1n) is 6.59. The first-order chi connectivity index (χ1) is 10.0. The Balaban J connectivity index is 1.99. The number of benzene rings is 1. The summed E-state index contributed by atoms with van der Waals surface area (Å²) in [5.41, 5.74) is 0.724. The normalized spacial score (nSPS) is 17.8. The van der Waals surface area contributed by atoms with E-state index in [0.29, 0.717) is 35.8 Å². The fourth-order valence-electron chi connectivity index (χ4n) is 2.33. The van der Waals surface area contributed by atoms with Gasteiger partial charge in [-0.25, -0.2) is 9.59 Å². The van der Waals surface area contributed by atoms with Crippen LogP contribution in [-0.4, -0.2) is 48.8 Å². The van der Waals surface area contributed by atoms with E-state index in [1.165, 1.54) is 12.1 Å². The lowest BCUT2D eigenvalue weighted by Gasteiger charge is -2.18. The molecule has 1 atom stereocenters. The zero-order valence-electron chi connectivity index (χ0n) is 11.6. The monoisotopic (exact) mass is 356 g/mol. The Labute approximate surface area is 131 Å².